The lowest BCUT2D eigenvalue weighted by Gasteiger charge is -2.07. The summed E-state index contributed by atoms with van der Waals surface area (Å²) in [5, 5.41) is 11.0. The summed E-state index contributed by atoms with van der Waals surface area (Å²) in [6, 6.07) is 4.06. The van der Waals surface area contributed by atoms with Crippen LogP contribution in [0.2, 0.25) is 0 Å². The van der Waals surface area contributed by atoms with Crippen molar-refractivity contribution >= 4 is 28.3 Å². The Bertz CT molecular complexity index is 715. The highest BCUT2D eigenvalue weighted by atomic mass is 127. The average molecular weight is 389 g/mol. The van der Waals surface area contributed by atoms with Gasteiger partial charge in [-0.2, -0.15) is 0 Å². The highest BCUT2D eigenvalue weighted by Gasteiger charge is 2.19. The molecule has 1 aromatic carbocycles. The Morgan fingerprint density at radius 2 is 2.20 bits per heavy atom. The number of halogens is 1. The van der Waals surface area contributed by atoms with Crippen LogP contribution in [0.25, 0.3) is 0 Å². The minimum Gasteiger partial charge on any atom is -0.497 e. The van der Waals surface area contributed by atoms with Gasteiger partial charge in [0, 0.05) is 12.1 Å². The van der Waals surface area contributed by atoms with Crippen molar-refractivity contribution in [1.29, 1.82) is 0 Å². The van der Waals surface area contributed by atoms with Gasteiger partial charge in [0.05, 0.1) is 18.4 Å². The number of hydrogen-bond donors (Lipinski definition) is 1. The van der Waals surface area contributed by atoms with Crippen LogP contribution in [0.3, 0.4) is 0 Å². The Morgan fingerprint density at radius 1 is 1.45 bits per heavy atom. The monoisotopic (exact) mass is 389 g/mol. The molecule has 0 fully saturated rings. The molecule has 104 valence electrons. The van der Waals surface area contributed by atoms with Crippen LogP contribution in [0.4, 0.5) is 5.69 Å². The summed E-state index contributed by atoms with van der Waals surface area (Å²) in [5.41, 5.74) is -0.634. The van der Waals surface area contributed by atoms with Gasteiger partial charge in [-0.1, -0.05) is 0 Å². The highest BCUT2D eigenvalue weighted by molar-refractivity contribution is 14.1. The van der Waals surface area contributed by atoms with Gasteiger partial charge in [-0.15, -0.1) is 0 Å². The van der Waals surface area contributed by atoms with E-state index in [1.807, 2.05) is 0 Å². The summed E-state index contributed by atoms with van der Waals surface area (Å²) in [6.07, 6.45) is 1.16. The largest absolute Gasteiger partial charge is 0.497 e. The van der Waals surface area contributed by atoms with Crippen molar-refractivity contribution in [3.63, 3.8) is 0 Å². The van der Waals surface area contributed by atoms with E-state index in [0.717, 1.165) is 6.33 Å². The fourth-order valence-electron chi connectivity index (χ4n) is 1.40. The molecule has 8 nitrogen and oxygen atoms in total. The molecule has 1 heterocycles. The summed E-state index contributed by atoms with van der Waals surface area (Å²) >= 11 is 1.75. The molecule has 0 atom stereocenters. The molecule has 0 unspecified atom stereocenters. The van der Waals surface area contributed by atoms with Crippen molar-refractivity contribution < 1.29 is 14.4 Å². The lowest BCUT2D eigenvalue weighted by Crippen LogP contribution is -2.11. The molecule has 0 aliphatic rings. The van der Waals surface area contributed by atoms with Crippen molar-refractivity contribution in [1.82, 2.24) is 9.97 Å². The Kier molecular flexibility index (Phi) is 4.17. The first-order valence-electron chi connectivity index (χ1n) is 5.26. The number of ether oxygens (including phenoxy) is 2. The predicted octanol–water partition coefficient (Wildman–Crippen LogP) is 2.08. The van der Waals surface area contributed by atoms with Crippen LogP contribution in [-0.2, 0) is 0 Å². The zero-order valence-corrected chi connectivity index (χ0v) is 12.3. The molecule has 0 radical (unpaired) electrons. The third kappa shape index (κ3) is 2.87. The predicted molar refractivity (Wildman–Crippen MR) is 77.3 cm³/mol. The van der Waals surface area contributed by atoms with E-state index in [2.05, 4.69) is 9.97 Å². The topological polar surface area (TPSA) is 107 Å². The van der Waals surface area contributed by atoms with Crippen molar-refractivity contribution in [3.8, 4) is 17.4 Å². The third-order valence-electron chi connectivity index (χ3n) is 2.33. The number of rotatable bonds is 4. The summed E-state index contributed by atoms with van der Waals surface area (Å²) < 4.78 is 10.5. The molecule has 2 rings (SSSR count). The first-order chi connectivity index (χ1) is 9.52. The van der Waals surface area contributed by atoms with Gasteiger partial charge in [-0.25, -0.2) is 4.98 Å². The smallest absolute Gasteiger partial charge is 0.311 e. The summed E-state index contributed by atoms with van der Waals surface area (Å²) in [6.45, 7) is 0. The minimum atomic E-state index is -0.588. The van der Waals surface area contributed by atoms with Gasteiger partial charge in [-0.05, 0) is 28.7 Å². The van der Waals surface area contributed by atoms with E-state index >= 15 is 0 Å². The van der Waals surface area contributed by atoms with Crippen LogP contribution < -0.4 is 15.0 Å². The van der Waals surface area contributed by atoms with Crippen molar-refractivity contribution in [3.05, 3.63) is 48.6 Å². The molecule has 9 heteroatoms. The Balaban J connectivity index is 2.48. The van der Waals surface area contributed by atoms with E-state index in [-0.39, 0.29) is 26.4 Å². The highest BCUT2D eigenvalue weighted by Crippen LogP contribution is 2.34. The fourth-order valence-corrected chi connectivity index (χ4v) is 1.80. The SMILES string of the molecule is COc1ccc([N+](=O)[O-])c(Oc2nc[nH]c(=O)c2I)c1. The molecule has 0 amide bonds. The fraction of sp³-hybridized carbons (Fsp3) is 0.0909. The zero-order valence-electron chi connectivity index (χ0n) is 10.1. The Morgan fingerprint density at radius 3 is 2.85 bits per heavy atom. The maximum Gasteiger partial charge on any atom is 0.311 e. The summed E-state index contributed by atoms with van der Waals surface area (Å²) in [5.74, 6) is 0.335. The molecule has 0 spiro atoms. The van der Waals surface area contributed by atoms with Gasteiger partial charge in [0.1, 0.15) is 9.32 Å². The zero-order chi connectivity index (χ0) is 14.7. The van der Waals surface area contributed by atoms with Crippen molar-refractivity contribution in [2.45, 2.75) is 0 Å². The van der Waals surface area contributed by atoms with Crippen LogP contribution >= 0.6 is 22.6 Å². The van der Waals surface area contributed by atoms with Crippen LogP contribution in [0, 0.1) is 13.7 Å². The third-order valence-corrected chi connectivity index (χ3v) is 3.29. The van der Waals surface area contributed by atoms with E-state index in [9.17, 15) is 14.9 Å². The lowest BCUT2D eigenvalue weighted by atomic mass is 10.3. The number of methoxy groups -OCH3 is 1. The van der Waals surface area contributed by atoms with Crippen LogP contribution in [-0.4, -0.2) is 22.0 Å². The molecule has 20 heavy (non-hydrogen) atoms. The van der Waals surface area contributed by atoms with E-state index in [1.165, 1.54) is 25.3 Å². The summed E-state index contributed by atoms with van der Waals surface area (Å²) in [4.78, 5) is 28.0. The number of aromatic nitrogens is 2. The second-order valence-electron chi connectivity index (χ2n) is 3.54. The lowest BCUT2D eigenvalue weighted by molar-refractivity contribution is -0.385. The standard InChI is InChI=1S/C11H8IN3O5/c1-19-6-2-3-7(15(17)18)8(4-6)20-11-9(12)10(16)13-5-14-11/h2-5H,1H3,(H,13,14,16). The van der Waals surface area contributed by atoms with Gasteiger partial charge in [0.15, 0.2) is 0 Å². The van der Waals surface area contributed by atoms with Crippen molar-refractivity contribution in [2.24, 2.45) is 0 Å². The van der Waals surface area contributed by atoms with Crippen molar-refractivity contribution in [2.75, 3.05) is 7.11 Å². The maximum atomic E-state index is 11.4. The van der Waals surface area contributed by atoms with E-state index in [1.54, 1.807) is 22.6 Å². The molecular formula is C11H8IN3O5. The average Bonchev–Trinajstić information content (AvgIpc) is 2.43. The van der Waals surface area contributed by atoms with E-state index in [0.29, 0.717) is 5.75 Å². The second-order valence-corrected chi connectivity index (χ2v) is 4.62. The molecule has 0 aliphatic carbocycles. The van der Waals surface area contributed by atoms with E-state index < -0.39 is 4.92 Å². The van der Waals surface area contributed by atoms with Crippen LogP contribution in [0.15, 0.2) is 29.3 Å². The summed E-state index contributed by atoms with van der Waals surface area (Å²) in [7, 11) is 1.43. The first-order valence-corrected chi connectivity index (χ1v) is 6.34. The van der Waals surface area contributed by atoms with Gasteiger partial charge in [0.2, 0.25) is 11.6 Å². The number of nitrogens with zero attached hydrogens (tertiary/aromatic N) is 2. The first kappa shape index (κ1) is 14.2. The molecule has 0 saturated heterocycles. The quantitative estimate of drug-likeness (QED) is 0.488. The number of nitro benzene ring substituents is 1. The molecule has 0 saturated carbocycles. The van der Waals surface area contributed by atoms with E-state index in [4.69, 9.17) is 9.47 Å². The molecular weight excluding hydrogens is 381 g/mol. The molecule has 2 aromatic rings. The molecule has 0 aliphatic heterocycles. The van der Waals surface area contributed by atoms with Crippen LogP contribution in [0.5, 0.6) is 17.4 Å². The number of aromatic amines is 1. The van der Waals surface area contributed by atoms with Gasteiger partial charge >= 0.3 is 5.69 Å². The maximum absolute atomic E-state index is 11.4. The minimum absolute atomic E-state index is 0.00861. The molecule has 0 bridgehead atoms. The van der Waals surface area contributed by atoms with Crippen LogP contribution in [0.1, 0.15) is 0 Å². The number of nitro groups is 1. The van der Waals surface area contributed by atoms with Gasteiger partial charge in [-0.3, -0.25) is 14.9 Å². The number of H-pyrrole nitrogens is 1. The second kappa shape index (κ2) is 5.86. The Labute approximate surface area is 126 Å². The van der Waals surface area contributed by atoms with Gasteiger partial charge < -0.3 is 14.5 Å². The number of nitrogens with one attached hydrogen (secondary N) is 1. The molecule has 1 N–H and O–H groups in total. The molecule has 1 aromatic heterocycles. The number of benzene rings is 1. The van der Waals surface area contributed by atoms with Gasteiger partial charge in [0.25, 0.3) is 5.56 Å². The normalized spacial score (nSPS) is 10.1. The number of hydrogen-bond acceptors (Lipinski definition) is 6. The Hall–Kier alpha value is -2.17.